The molecule has 0 unspecified atom stereocenters. The molecule has 0 saturated heterocycles. The summed E-state index contributed by atoms with van der Waals surface area (Å²) in [4.78, 5) is 0. The number of aryl methyl sites for hydroxylation is 1. The van der Waals surface area contributed by atoms with Gasteiger partial charge >= 0.3 is 0 Å². The van der Waals surface area contributed by atoms with Crippen molar-refractivity contribution in [3.05, 3.63) is 36.2 Å². The summed E-state index contributed by atoms with van der Waals surface area (Å²) < 4.78 is 3.17. The molecule has 2 heterocycles. The highest BCUT2D eigenvalue weighted by Crippen LogP contribution is 2.15. The molecule has 0 atom stereocenters. The zero-order valence-corrected chi connectivity index (χ0v) is 9.53. The quantitative estimate of drug-likeness (QED) is 0.703. The Balaban J connectivity index is 2.55. The van der Waals surface area contributed by atoms with Gasteiger partial charge in [-0.3, -0.25) is 14.7 Å². The number of aromatic nitrogens is 3. The summed E-state index contributed by atoms with van der Waals surface area (Å²) in [7, 11) is 1.85. The number of hydrogen-bond donors (Lipinski definition) is 2. The van der Waals surface area contributed by atoms with Crippen LogP contribution in [-0.4, -0.2) is 19.5 Å². The average molecular weight is 233 g/mol. The fraction of sp³-hybridized carbons (Fsp3) is 0.100. The molecule has 0 amide bonds. The molecule has 16 heavy (non-hydrogen) atoms. The van der Waals surface area contributed by atoms with E-state index in [2.05, 4.69) is 5.10 Å². The van der Waals surface area contributed by atoms with Crippen molar-refractivity contribution in [2.45, 2.75) is 0 Å². The molecule has 6 heteroatoms. The third kappa shape index (κ3) is 1.87. The van der Waals surface area contributed by atoms with Crippen LogP contribution in [0.25, 0.3) is 11.1 Å². The third-order valence-electron chi connectivity index (χ3n) is 2.22. The standard InChI is InChI=1S/C10H11N5S/c1-14-5-8(4-13-14)7-2-3-9(11)15(6-7)10(12)16/h2-6,11H,1H3,(H2,12,16). The van der Waals surface area contributed by atoms with E-state index in [0.29, 0.717) is 0 Å². The highest BCUT2D eigenvalue weighted by molar-refractivity contribution is 7.80. The van der Waals surface area contributed by atoms with Gasteiger partial charge in [-0.25, -0.2) is 0 Å². The lowest BCUT2D eigenvalue weighted by atomic mass is 10.2. The maximum Gasteiger partial charge on any atom is 0.176 e. The highest BCUT2D eigenvalue weighted by atomic mass is 32.1. The molecule has 0 aliphatic carbocycles. The minimum atomic E-state index is 0.163. The van der Waals surface area contributed by atoms with Gasteiger partial charge in [0.15, 0.2) is 5.11 Å². The molecule has 0 fully saturated rings. The van der Waals surface area contributed by atoms with Crippen molar-refractivity contribution < 1.29 is 0 Å². The van der Waals surface area contributed by atoms with Crippen molar-refractivity contribution in [2.24, 2.45) is 12.8 Å². The summed E-state index contributed by atoms with van der Waals surface area (Å²) in [5, 5.41) is 11.9. The number of rotatable bonds is 1. The predicted molar refractivity (Wildman–Crippen MR) is 64.7 cm³/mol. The maximum absolute atomic E-state index is 7.64. The molecule has 0 aliphatic rings. The average Bonchev–Trinajstić information content (AvgIpc) is 2.65. The van der Waals surface area contributed by atoms with Crippen molar-refractivity contribution in [3.8, 4) is 11.1 Å². The van der Waals surface area contributed by atoms with Gasteiger partial charge < -0.3 is 5.73 Å². The number of pyridine rings is 1. The topological polar surface area (TPSA) is 72.6 Å². The van der Waals surface area contributed by atoms with E-state index < -0.39 is 0 Å². The number of thiocarbonyl (C=S) groups is 1. The Morgan fingerprint density at radius 1 is 1.38 bits per heavy atom. The summed E-state index contributed by atoms with van der Waals surface area (Å²) in [6.45, 7) is 0. The second-order valence-corrected chi connectivity index (χ2v) is 3.83. The zero-order valence-electron chi connectivity index (χ0n) is 8.71. The molecule has 5 nitrogen and oxygen atoms in total. The fourth-order valence-electron chi connectivity index (χ4n) is 1.42. The normalized spacial score (nSPS) is 10.3. The molecular weight excluding hydrogens is 222 g/mol. The van der Waals surface area contributed by atoms with E-state index in [9.17, 15) is 0 Å². The van der Waals surface area contributed by atoms with Crippen LogP contribution in [0.15, 0.2) is 30.7 Å². The van der Waals surface area contributed by atoms with Gasteiger partial charge in [0, 0.05) is 30.6 Å². The molecule has 2 rings (SSSR count). The van der Waals surface area contributed by atoms with Crippen LogP contribution >= 0.6 is 12.2 Å². The molecule has 2 aromatic rings. The second-order valence-electron chi connectivity index (χ2n) is 3.41. The third-order valence-corrected chi connectivity index (χ3v) is 2.42. The molecular formula is C10H11N5S. The Labute approximate surface area is 97.6 Å². The van der Waals surface area contributed by atoms with Crippen LogP contribution in [-0.2, 0) is 7.05 Å². The van der Waals surface area contributed by atoms with Crippen LogP contribution in [0.2, 0.25) is 0 Å². The molecule has 0 saturated carbocycles. The summed E-state index contributed by atoms with van der Waals surface area (Å²) in [6.07, 6.45) is 5.38. The van der Waals surface area contributed by atoms with E-state index >= 15 is 0 Å². The smallest absolute Gasteiger partial charge is 0.176 e. The summed E-state index contributed by atoms with van der Waals surface area (Å²) in [6, 6.07) is 3.50. The van der Waals surface area contributed by atoms with E-state index in [4.69, 9.17) is 23.4 Å². The Morgan fingerprint density at radius 3 is 2.69 bits per heavy atom. The first kappa shape index (κ1) is 10.6. The lowest BCUT2D eigenvalue weighted by Crippen LogP contribution is -2.30. The summed E-state index contributed by atoms with van der Waals surface area (Å²) in [5.41, 5.74) is 7.68. The van der Waals surface area contributed by atoms with Crippen molar-refractivity contribution in [2.75, 3.05) is 0 Å². The Hall–Kier alpha value is -1.95. The van der Waals surface area contributed by atoms with Crippen LogP contribution in [0.5, 0.6) is 0 Å². The fourth-order valence-corrected chi connectivity index (χ4v) is 1.58. The zero-order chi connectivity index (χ0) is 11.7. The van der Waals surface area contributed by atoms with Crippen LogP contribution in [0, 0.1) is 5.41 Å². The first-order chi connectivity index (χ1) is 7.58. The number of nitrogens with zero attached hydrogens (tertiary/aromatic N) is 3. The maximum atomic E-state index is 7.64. The van der Waals surface area contributed by atoms with Crippen molar-refractivity contribution in [3.63, 3.8) is 0 Å². The minimum Gasteiger partial charge on any atom is -0.376 e. The van der Waals surface area contributed by atoms with Gasteiger partial charge in [-0.2, -0.15) is 5.10 Å². The van der Waals surface area contributed by atoms with Gasteiger partial charge in [-0.1, -0.05) is 0 Å². The van der Waals surface area contributed by atoms with Crippen LogP contribution in [0.4, 0.5) is 0 Å². The molecule has 0 aliphatic heterocycles. The monoisotopic (exact) mass is 233 g/mol. The molecule has 3 N–H and O–H groups in total. The van der Waals surface area contributed by atoms with Crippen molar-refractivity contribution in [1.29, 1.82) is 5.41 Å². The van der Waals surface area contributed by atoms with Gasteiger partial charge in [0.1, 0.15) is 5.49 Å². The number of nitrogens with two attached hydrogens (primary N) is 1. The number of nitrogens with one attached hydrogen (secondary N) is 1. The lowest BCUT2D eigenvalue weighted by molar-refractivity contribution is 0.768. The van der Waals surface area contributed by atoms with Crippen LogP contribution in [0.1, 0.15) is 0 Å². The Kier molecular flexibility index (Phi) is 2.57. The van der Waals surface area contributed by atoms with Crippen LogP contribution < -0.4 is 11.2 Å². The van der Waals surface area contributed by atoms with E-state index in [0.717, 1.165) is 11.1 Å². The SMILES string of the molecule is Cn1cc(-c2ccc(=N)n(C(N)=S)c2)cn1. The summed E-state index contributed by atoms with van der Waals surface area (Å²) >= 11 is 4.86. The van der Waals surface area contributed by atoms with Gasteiger partial charge in [-0.15, -0.1) is 0 Å². The van der Waals surface area contributed by atoms with Gasteiger partial charge in [0.25, 0.3) is 0 Å². The van der Waals surface area contributed by atoms with Gasteiger partial charge in [0.2, 0.25) is 0 Å². The lowest BCUT2D eigenvalue weighted by Gasteiger charge is -2.05. The van der Waals surface area contributed by atoms with Gasteiger partial charge in [-0.05, 0) is 24.4 Å². The van der Waals surface area contributed by atoms with E-state index in [1.54, 1.807) is 23.1 Å². The first-order valence-electron chi connectivity index (χ1n) is 4.64. The molecule has 0 radical (unpaired) electrons. The second kappa shape index (κ2) is 3.90. The van der Waals surface area contributed by atoms with Crippen molar-refractivity contribution >= 4 is 17.3 Å². The molecule has 0 aromatic carbocycles. The van der Waals surface area contributed by atoms with E-state index in [1.807, 2.05) is 19.3 Å². The first-order valence-corrected chi connectivity index (χ1v) is 5.05. The Bertz CT molecular complexity index is 595. The Morgan fingerprint density at radius 2 is 2.12 bits per heavy atom. The highest BCUT2D eigenvalue weighted by Gasteiger charge is 2.03. The van der Waals surface area contributed by atoms with Gasteiger partial charge in [0.05, 0.1) is 6.20 Å². The molecule has 0 bridgehead atoms. The summed E-state index contributed by atoms with van der Waals surface area (Å²) in [5.74, 6) is 0. The molecule has 2 aromatic heterocycles. The predicted octanol–water partition coefficient (Wildman–Crippen LogP) is 0.460. The molecule has 0 spiro atoms. The van der Waals surface area contributed by atoms with E-state index in [-0.39, 0.29) is 10.6 Å². The molecule has 82 valence electrons. The number of hydrogen-bond acceptors (Lipinski definition) is 3. The minimum absolute atomic E-state index is 0.163. The van der Waals surface area contributed by atoms with Crippen molar-refractivity contribution in [1.82, 2.24) is 14.3 Å². The largest absolute Gasteiger partial charge is 0.376 e. The van der Waals surface area contributed by atoms with Crippen LogP contribution in [0.3, 0.4) is 0 Å². The van der Waals surface area contributed by atoms with E-state index in [1.165, 1.54) is 4.57 Å².